The molecule has 0 saturated carbocycles. The fraction of sp³-hybridized carbons (Fsp3) is 0.167. The van der Waals surface area contributed by atoms with Crippen LogP contribution in [-0.2, 0) is 4.79 Å². The van der Waals surface area contributed by atoms with Crippen LogP contribution >= 0.6 is 11.8 Å². The number of amides is 2. The Morgan fingerprint density at radius 2 is 1.58 bits per heavy atom. The fourth-order valence-corrected chi connectivity index (χ4v) is 3.83. The van der Waals surface area contributed by atoms with Crippen molar-refractivity contribution in [1.82, 2.24) is 0 Å². The molecule has 158 valence electrons. The smallest absolute Gasteiger partial charge is 0.255 e. The van der Waals surface area contributed by atoms with Gasteiger partial charge in [0.2, 0.25) is 5.91 Å². The van der Waals surface area contributed by atoms with Crippen molar-refractivity contribution in [3.63, 3.8) is 0 Å². The normalized spacial score (nSPS) is 12.2. The molecule has 1 aliphatic heterocycles. The first-order chi connectivity index (χ1) is 15.1. The molecule has 1 heterocycles. The van der Waals surface area contributed by atoms with Gasteiger partial charge < -0.3 is 20.1 Å². The lowest BCUT2D eigenvalue weighted by Crippen LogP contribution is -2.17. The van der Waals surface area contributed by atoms with E-state index in [9.17, 15) is 9.59 Å². The second-order valence-electron chi connectivity index (χ2n) is 6.99. The summed E-state index contributed by atoms with van der Waals surface area (Å²) in [7, 11) is 0. The van der Waals surface area contributed by atoms with E-state index in [1.54, 1.807) is 24.3 Å². The van der Waals surface area contributed by atoms with Gasteiger partial charge in [-0.05, 0) is 55.0 Å². The predicted octanol–water partition coefficient (Wildman–Crippen LogP) is 4.75. The highest BCUT2D eigenvalue weighted by atomic mass is 32.2. The summed E-state index contributed by atoms with van der Waals surface area (Å²) in [6, 6.07) is 20.2. The third kappa shape index (κ3) is 5.38. The number of thioether (sulfide) groups is 1. The molecular formula is C24H22N2O4S. The van der Waals surface area contributed by atoms with Crippen LogP contribution in [0.4, 0.5) is 11.4 Å². The predicted molar refractivity (Wildman–Crippen MR) is 122 cm³/mol. The third-order valence-electron chi connectivity index (χ3n) is 4.70. The lowest BCUT2D eigenvalue weighted by atomic mass is 10.1. The molecule has 0 saturated heterocycles. The van der Waals surface area contributed by atoms with Gasteiger partial charge in [-0.3, -0.25) is 9.59 Å². The first-order valence-corrected chi connectivity index (χ1v) is 10.9. The summed E-state index contributed by atoms with van der Waals surface area (Å²) in [5, 5.41) is 5.77. The minimum atomic E-state index is -0.141. The van der Waals surface area contributed by atoms with E-state index < -0.39 is 0 Å². The topological polar surface area (TPSA) is 76.7 Å². The van der Waals surface area contributed by atoms with E-state index in [1.165, 1.54) is 11.8 Å². The highest BCUT2D eigenvalue weighted by Gasteiger charge is 2.13. The quantitative estimate of drug-likeness (QED) is 0.548. The molecule has 0 aromatic heterocycles. The number of fused-ring (bicyclic) bond motifs is 1. The van der Waals surface area contributed by atoms with Crippen LogP contribution < -0.4 is 20.1 Å². The van der Waals surface area contributed by atoms with Crippen LogP contribution in [0.1, 0.15) is 15.9 Å². The summed E-state index contributed by atoms with van der Waals surface area (Å²) in [5.41, 5.74) is 2.95. The first kappa shape index (κ1) is 20.8. The van der Waals surface area contributed by atoms with Gasteiger partial charge in [0.05, 0.1) is 5.75 Å². The molecule has 0 bridgehead atoms. The number of aryl methyl sites for hydroxylation is 1. The number of anilines is 2. The van der Waals surface area contributed by atoms with E-state index in [-0.39, 0.29) is 17.6 Å². The Morgan fingerprint density at radius 1 is 0.871 bits per heavy atom. The number of nitrogens with one attached hydrogen (secondary N) is 2. The Hall–Kier alpha value is -3.45. The largest absolute Gasteiger partial charge is 0.486 e. The highest BCUT2D eigenvalue weighted by Crippen LogP contribution is 2.32. The molecule has 31 heavy (non-hydrogen) atoms. The van der Waals surface area contributed by atoms with E-state index in [4.69, 9.17) is 9.47 Å². The second kappa shape index (κ2) is 9.57. The van der Waals surface area contributed by atoms with Crippen LogP contribution in [0.25, 0.3) is 0 Å². The Kier molecular flexibility index (Phi) is 6.43. The number of benzene rings is 3. The summed E-state index contributed by atoms with van der Waals surface area (Å²) in [6.45, 7) is 2.94. The maximum absolute atomic E-state index is 12.4. The summed E-state index contributed by atoms with van der Waals surface area (Å²) in [5.74, 6) is 1.34. The van der Waals surface area contributed by atoms with Gasteiger partial charge in [0.1, 0.15) is 13.2 Å². The van der Waals surface area contributed by atoms with Crippen LogP contribution in [0, 0.1) is 6.92 Å². The molecule has 6 nitrogen and oxygen atoms in total. The highest BCUT2D eigenvalue weighted by molar-refractivity contribution is 8.00. The second-order valence-corrected chi connectivity index (χ2v) is 8.04. The van der Waals surface area contributed by atoms with Gasteiger partial charge in [-0.15, -0.1) is 11.8 Å². The van der Waals surface area contributed by atoms with E-state index in [0.717, 1.165) is 10.5 Å². The van der Waals surface area contributed by atoms with Crippen molar-refractivity contribution in [2.45, 2.75) is 11.8 Å². The van der Waals surface area contributed by atoms with Gasteiger partial charge in [0, 0.05) is 27.9 Å². The minimum absolute atomic E-state index is 0.112. The van der Waals surface area contributed by atoms with Crippen LogP contribution in [0.2, 0.25) is 0 Å². The van der Waals surface area contributed by atoms with Gasteiger partial charge in [0.15, 0.2) is 11.5 Å². The standard InChI is InChI=1S/C24H22N2O4S/c1-16-4-2-3-5-20(16)24(28)26-17-6-9-19(10-7-17)31-15-23(27)25-18-8-11-21-22(14-18)30-13-12-29-21/h2-11,14H,12-13,15H2,1H3,(H,25,27)(H,26,28). The van der Waals surface area contributed by atoms with Crippen LogP contribution in [-0.4, -0.2) is 30.8 Å². The van der Waals surface area contributed by atoms with Gasteiger partial charge in [-0.25, -0.2) is 0 Å². The lowest BCUT2D eigenvalue weighted by molar-refractivity contribution is -0.113. The van der Waals surface area contributed by atoms with Crippen molar-refractivity contribution in [1.29, 1.82) is 0 Å². The van der Waals surface area contributed by atoms with Crippen LogP contribution in [0.3, 0.4) is 0 Å². The van der Waals surface area contributed by atoms with E-state index in [2.05, 4.69) is 10.6 Å². The molecule has 0 radical (unpaired) electrons. The minimum Gasteiger partial charge on any atom is -0.486 e. The summed E-state index contributed by atoms with van der Waals surface area (Å²) in [6.07, 6.45) is 0. The fourth-order valence-electron chi connectivity index (χ4n) is 3.13. The van der Waals surface area contributed by atoms with E-state index in [1.807, 2.05) is 49.4 Å². The summed E-state index contributed by atoms with van der Waals surface area (Å²) in [4.78, 5) is 25.6. The lowest BCUT2D eigenvalue weighted by Gasteiger charge is -2.19. The average molecular weight is 435 g/mol. The van der Waals surface area contributed by atoms with Gasteiger partial charge in [0.25, 0.3) is 5.91 Å². The zero-order valence-corrected chi connectivity index (χ0v) is 17.8. The Morgan fingerprint density at radius 3 is 2.35 bits per heavy atom. The molecule has 1 aliphatic rings. The molecule has 0 spiro atoms. The number of carbonyl (C=O) groups excluding carboxylic acids is 2. The molecule has 3 aromatic carbocycles. The van der Waals surface area contributed by atoms with Gasteiger partial charge in [-0.1, -0.05) is 18.2 Å². The van der Waals surface area contributed by atoms with E-state index >= 15 is 0 Å². The first-order valence-electron chi connectivity index (χ1n) is 9.88. The molecule has 4 rings (SSSR count). The van der Waals surface area contributed by atoms with Gasteiger partial charge >= 0.3 is 0 Å². The number of hydrogen-bond acceptors (Lipinski definition) is 5. The number of ether oxygens (including phenoxy) is 2. The Labute approximate surface area is 185 Å². The summed E-state index contributed by atoms with van der Waals surface area (Å²) >= 11 is 1.42. The SMILES string of the molecule is Cc1ccccc1C(=O)Nc1ccc(SCC(=O)Nc2ccc3c(c2)OCCO3)cc1. The van der Waals surface area contributed by atoms with Crippen molar-refractivity contribution in [2.75, 3.05) is 29.6 Å². The van der Waals surface area contributed by atoms with Crippen molar-refractivity contribution in [2.24, 2.45) is 0 Å². The molecule has 0 atom stereocenters. The zero-order valence-electron chi connectivity index (χ0n) is 17.0. The molecule has 7 heteroatoms. The molecule has 2 amide bonds. The van der Waals surface area contributed by atoms with Crippen molar-refractivity contribution in [3.05, 3.63) is 77.9 Å². The maximum atomic E-state index is 12.4. The van der Waals surface area contributed by atoms with Crippen molar-refractivity contribution < 1.29 is 19.1 Å². The number of rotatable bonds is 6. The van der Waals surface area contributed by atoms with Gasteiger partial charge in [-0.2, -0.15) is 0 Å². The average Bonchev–Trinajstić information content (AvgIpc) is 2.79. The Bertz CT molecular complexity index is 1100. The van der Waals surface area contributed by atoms with Crippen LogP contribution in [0.15, 0.2) is 71.6 Å². The number of carbonyl (C=O) groups is 2. The maximum Gasteiger partial charge on any atom is 0.255 e. The molecule has 3 aromatic rings. The molecule has 0 unspecified atom stereocenters. The molecular weight excluding hydrogens is 412 g/mol. The molecule has 2 N–H and O–H groups in total. The van der Waals surface area contributed by atoms with E-state index in [0.29, 0.717) is 41.7 Å². The number of hydrogen-bond donors (Lipinski definition) is 2. The van der Waals surface area contributed by atoms with Crippen molar-refractivity contribution >= 4 is 35.0 Å². The van der Waals surface area contributed by atoms with Crippen LogP contribution in [0.5, 0.6) is 11.5 Å². The van der Waals surface area contributed by atoms with Crippen molar-refractivity contribution in [3.8, 4) is 11.5 Å². The Balaban J connectivity index is 1.28. The molecule has 0 fully saturated rings. The third-order valence-corrected chi connectivity index (χ3v) is 5.71. The molecule has 0 aliphatic carbocycles. The summed E-state index contributed by atoms with van der Waals surface area (Å²) < 4.78 is 11.0. The zero-order chi connectivity index (χ0) is 21.6. The monoisotopic (exact) mass is 434 g/mol.